The second-order valence-corrected chi connectivity index (χ2v) is 6.89. The quantitative estimate of drug-likeness (QED) is 0.226. The Hall–Kier alpha value is -0.380. The maximum atomic E-state index is 5.46. The zero-order valence-corrected chi connectivity index (χ0v) is 18.4. The lowest BCUT2D eigenvalue weighted by molar-refractivity contribution is 0.0698. The molecule has 0 unspecified atom stereocenters. The molecule has 0 spiro atoms. The summed E-state index contributed by atoms with van der Waals surface area (Å²) in [5, 5.41) is 8.77. The monoisotopic (exact) mass is 469 g/mol. The summed E-state index contributed by atoms with van der Waals surface area (Å²) in [5.74, 6) is 0.869. The van der Waals surface area contributed by atoms with Crippen molar-refractivity contribution in [3.05, 3.63) is 22.4 Å². The van der Waals surface area contributed by atoms with Crippen molar-refractivity contribution in [3.63, 3.8) is 0 Å². The average molecular weight is 469 g/mol. The van der Waals surface area contributed by atoms with E-state index in [9.17, 15) is 0 Å². The molecule has 1 aromatic heterocycles. The van der Waals surface area contributed by atoms with Crippen LogP contribution in [-0.4, -0.2) is 52.5 Å². The van der Waals surface area contributed by atoms with E-state index in [0.717, 1.165) is 38.6 Å². The summed E-state index contributed by atoms with van der Waals surface area (Å²) in [6.07, 6.45) is 0.947. The Labute approximate surface area is 167 Å². The molecule has 5 nitrogen and oxygen atoms in total. The maximum absolute atomic E-state index is 5.46. The highest BCUT2D eigenvalue weighted by atomic mass is 127. The first-order valence-electron chi connectivity index (χ1n) is 8.23. The van der Waals surface area contributed by atoms with Crippen molar-refractivity contribution in [1.82, 2.24) is 10.6 Å². The van der Waals surface area contributed by atoms with Gasteiger partial charge in [-0.25, -0.2) is 0 Å². The second-order valence-electron chi connectivity index (χ2n) is 5.94. The zero-order chi connectivity index (χ0) is 17.0. The fraction of sp³-hybridized carbons (Fsp3) is 0.706. The fourth-order valence-electron chi connectivity index (χ4n) is 1.99. The van der Waals surface area contributed by atoms with Gasteiger partial charge in [0.1, 0.15) is 0 Å². The Bertz CT molecular complexity index is 439. The number of rotatable bonds is 11. The third-order valence-electron chi connectivity index (χ3n) is 3.35. The first kappa shape index (κ1) is 23.6. The van der Waals surface area contributed by atoms with Gasteiger partial charge in [-0.1, -0.05) is 19.9 Å². The van der Waals surface area contributed by atoms with E-state index in [4.69, 9.17) is 14.5 Å². The molecule has 2 N–H and O–H groups in total. The molecule has 0 saturated carbocycles. The van der Waals surface area contributed by atoms with Gasteiger partial charge < -0.3 is 20.1 Å². The van der Waals surface area contributed by atoms with Crippen LogP contribution >= 0.6 is 35.3 Å². The van der Waals surface area contributed by atoms with E-state index in [2.05, 4.69) is 48.9 Å². The van der Waals surface area contributed by atoms with Crippen molar-refractivity contribution in [1.29, 1.82) is 0 Å². The molecule has 7 heteroatoms. The number of ether oxygens (including phenoxy) is 2. The topological polar surface area (TPSA) is 54.9 Å². The largest absolute Gasteiger partial charge is 0.382 e. The zero-order valence-electron chi connectivity index (χ0n) is 15.3. The highest BCUT2D eigenvalue weighted by Gasteiger charge is 2.21. The molecule has 0 aliphatic heterocycles. The molecule has 1 aromatic rings. The molecule has 0 bridgehead atoms. The lowest BCUT2D eigenvalue weighted by Crippen LogP contribution is -2.39. The van der Waals surface area contributed by atoms with Gasteiger partial charge in [-0.3, -0.25) is 4.99 Å². The van der Waals surface area contributed by atoms with Crippen molar-refractivity contribution in [2.75, 3.05) is 46.6 Å². The summed E-state index contributed by atoms with van der Waals surface area (Å²) in [4.78, 5) is 6.09. The van der Waals surface area contributed by atoms with Gasteiger partial charge in [-0.15, -0.1) is 35.3 Å². The van der Waals surface area contributed by atoms with Gasteiger partial charge in [0.05, 0.1) is 19.8 Å². The highest BCUT2D eigenvalue weighted by molar-refractivity contribution is 14.0. The Kier molecular flexibility index (Phi) is 13.6. The molecular formula is C17H32IN3O2S. The molecule has 140 valence electrons. The van der Waals surface area contributed by atoms with Crippen LogP contribution in [0, 0.1) is 0 Å². The number of halogens is 1. The van der Waals surface area contributed by atoms with E-state index in [0.29, 0.717) is 13.2 Å². The number of nitrogens with one attached hydrogen (secondary N) is 2. The third-order valence-corrected chi connectivity index (χ3v) is 4.59. The summed E-state index contributed by atoms with van der Waals surface area (Å²) >= 11 is 1.79. The molecule has 1 heterocycles. The number of hydrogen-bond donors (Lipinski definition) is 2. The van der Waals surface area contributed by atoms with Crippen molar-refractivity contribution in [2.24, 2.45) is 4.99 Å². The number of guanidine groups is 1. The Morgan fingerprint density at radius 2 is 2.04 bits per heavy atom. The molecule has 24 heavy (non-hydrogen) atoms. The molecule has 0 aromatic carbocycles. The summed E-state index contributed by atoms with van der Waals surface area (Å²) in [7, 11) is 1.68. The van der Waals surface area contributed by atoms with Gasteiger partial charge in [0.2, 0.25) is 0 Å². The second kappa shape index (κ2) is 13.9. The molecule has 0 aliphatic carbocycles. The Morgan fingerprint density at radius 1 is 1.25 bits per heavy atom. The van der Waals surface area contributed by atoms with Gasteiger partial charge in [-0.05, 0) is 24.8 Å². The van der Waals surface area contributed by atoms with Crippen LogP contribution in [0.25, 0.3) is 0 Å². The van der Waals surface area contributed by atoms with Crippen molar-refractivity contribution in [2.45, 2.75) is 32.6 Å². The summed E-state index contributed by atoms with van der Waals surface area (Å²) in [6, 6.07) is 4.27. The van der Waals surface area contributed by atoms with Crippen LogP contribution in [0.2, 0.25) is 0 Å². The number of nitrogens with zero attached hydrogens (tertiary/aromatic N) is 1. The molecule has 1 rings (SSSR count). The van der Waals surface area contributed by atoms with Crippen molar-refractivity contribution < 1.29 is 9.47 Å². The maximum Gasteiger partial charge on any atom is 0.191 e. The number of methoxy groups -OCH3 is 1. The van der Waals surface area contributed by atoms with E-state index >= 15 is 0 Å². The fourth-order valence-corrected chi connectivity index (χ4v) is 2.83. The van der Waals surface area contributed by atoms with Gasteiger partial charge in [0.25, 0.3) is 0 Å². The smallest absolute Gasteiger partial charge is 0.191 e. The molecule has 0 amide bonds. The highest BCUT2D eigenvalue weighted by Crippen LogP contribution is 2.27. The lowest BCUT2D eigenvalue weighted by atomic mass is 9.92. The van der Waals surface area contributed by atoms with Crippen molar-refractivity contribution >= 4 is 41.3 Å². The number of thiophene rings is 1. The van der Waals surface area contributed by atoms with Crippen LogP contribution in [0.1, 0.15) is 32.1 Å². The predicted octanol–water partition coefficient (Wildman–Crippen LogP) is 3.25. The van der Waals surface area contributed by atoms with Gasteiger partial charge in [-0.2, -0.15) is 0 Å². The molecule has 0 saturated heterocycles. The number of hydrogen-bond acceptors (Lipinski definition) is 4. The average Bonchev–Trinajstić information content (AvgIpc) is 3.07. The van der Waals surface area contributed by atoms with Crippen LogP contribution in [0.15, 0.2) is 22.5 Å². The van der Waals surface area contributed by atoms with Crippen LogP contribution in [-0.2, 0) is 14.9 Å². The Morgan fingerprint density at radius 3 is 2.67 bits per heavy atom. The standard InChI is InChI=1S/C17H31N3O2S.HI/c1-5-18-16(19-9-7-10-22-12-11-21-4)20-14-17(2,3)15-8-6-13-23-15;/h6,8,13H,5,7,9-12,14H2,1-4H3,(H2,18,19,20);1H. The van der Waals surface area contributed by atoms with Gasteiger partial charge in [0, 0.05) is 37.1 Å². The molecule has 0 radical (unpaired) electrons. The van der Waals surface area contributed by atoms with Crippen molar-refractivity contribution in [3.8, 4) is 0 Å². The minimum absolute atomic E-state index is 0. The molecule has 0 atom stereocenters. The molecular weight excluding hydrogens is 437 g/mol. The predicted molar refractivity (Wildman–Crippen MR) is 114 cm³/mol. The summed E-state index contributed by atoms with van der Waals surface area (Å²) in [5.41, 5.74) is 0.0553. The van der Waals surface area contributed by atoms with Gasteiger partial charge in [0.15, 0.2) is 5.96 Å². The first-order valence-corrected chi connectivity index (χ1v) is 9.11. The molecule has 0 aliphatic rings. The van der Waals surface area contributed by atoms with Crippen LogP contribution in [0.5, 0.6) is 0 Å². The van der Waals surface area contributed by atoms with E-state index < -0.39 is 0 Å². The lowest BCUT2D eigenvalue weighted by Gasteiger charge is -2.21. The van der Waals surface area contributed by atoms with E-state index in [1.807, 2.05) is 0 Å². The molecule has 0 fully saturated rings. The normalized spacial score (nSPS) is 11.9. The van der Waals surface area contributed by atoms with E-state index in [-0.39, 0.29) is 29.4 Å². The van der Waals surface area contributed by atoms with E-state index in [1.165, 1.54) is 4.88 Å². The number of aliphatic imine (C=N–C) groups is 1. The van der Waals surface area contributed by atoms with Crippen LogP contribution < -0.4 is 10.6 Å². The minimum Gasteiger partial charge on any atom is -0.382 e. The SMILES string of the molecule is CCNC(=NCC(C)(C)c1cccs1)NCCCOCCOC.I. The Balaban J connectivity index is 0.00000529. The first-order chi connectivity index (χ1) is 11.1. The van der Waals surface area contributed by atoms with Gasteiger partial charge >= 0.3 is 0 Å². The summed E-state index contributed by atoms with van der Waals surface area (Å²) in [6.45, 7) is 11.0. The summed E-state index contributed by atoms with van der Waals surface area (Å²) < 4.78 is 10.4. The minimum atomic E-state index is 0. The van der Waals surface area contributed by atoms with E-state index in [1.54, 1.807) is 18.4 Å². The van der Waals surface area contributed by atoms with Crippen LogP contribution in [0.4, 0.5) is 0 Å². The van der Waals surface area contributed by atoms with Crippen LogP contribution in [0.3, 0.4) is 0 Å². The third kappa shape index (κ3) is 9.80.